The number of likely N-dealkylation sites (tertiary alicyclic amines) is 1. The molecule has 1 aliphatic carbocycles. The summed E-state index contributed by atoms with van der Waals surface area (Å²) in [4.78, 5) is 42.8. The minimum atomic E-state index is -0.959. The number of hydrogen-bond donors (Lipinski definition) is 3. The Morgan fingerprint density at radius 1 is 1.02 bits per heavy atom. The second kappa shape index (κ2) is 12.4. The number of nitrogens with zero attached hydrogens (tertiary/aromatic N) is 2. The SMILES string of the molecule is CCCCN1C(=O)[C@@H](CC2(O)CCCC2)NC(=O)C12CCN(Cc1ccc(Oc3ccc(C(=O)O)c(C)c3)cc1)CC2. The zero-order valence-electron chi connectivity index (χ0n) is 24.7. The van der Waals surface area contributed by atoms with Crippen LogP contribution in [0.15, 0.2) is 42.5 Å². The maximum Gasteiger partial charge on any atom is 0.335 e. The molecule has 2 heterocycles. The third-order valence-electron chi connectivity index (χ3n) is 9.34. The number of nitrogens with one attached hydrogen (secondary N) is 1. The Labute approximate surface area is 247 Å². The summed E-state index contributed by atoms with van der Waals surface area (Å²) in [5.74, 6) is 0.177. The van der Waals surface area contributed by atoms with Gasteiger partial charge in [-0.15, -0.1) is 0 Å². The maximum atomic E-state index is 13.7. The Bertz CT molecular complexity index is 1300. The first-order valence-electron chi connectivity index (χ1n) is 15.3. The molecule has 9 nitrogen and oxygen atoms in total. The van der Waals surface area contributed by atoms with Crippen LogP contribution in [0.2, 0.25) is 0 Å². The van der Waals surface area contributed by atoms with Gasteiger partial charge in [-0.05, 0) is 80.5 Å². The molecule has 2 aromatic rings. The third-order valence-corrected chi connectivity index (χ3v) is 9.34. The van der Waals surface area contributed by atoms with E-state index in [-0.39, 0.29) is 17.4 Å². The number of ether oxygens (including phenoxy) is 1. The lowest BCUT2D eigenvalue weighted by Gasteiger charge is -2.52. The van der Waals surface area contributed by atoms with E-state index in [0.717, 1.165) is 37.8 Å². The van der Waals surface area contributed by atoms with Gasteiger partial charge in [0.05, 0.1) is 11.2 Å². The van der Waals surface area contributed by atoms with Crippen LogP contribution >= 0.6 is 0 Å². The first-order chi connectivity index (χ1) is 20.1. The van der Waals surface area contributed by atoms with Gasteiger partial charge < -0.3 is 25.2 Å². The van der Waals surface area contributed by atoms with Gasteiger partial charge in [-0.25, -0.2) is 4.79 Å². The highest BCUT2D eigenvalue weighted by molar-refractivity contribution is 6.00. The van der Waals surface area contributed by atoms with E-state index in [1.165, 1.54) is 0 Å². The van der Waals surface area contributed by atoms with Crippen LogP contribution in [0.4, 0.5) is 0 Å². The summed E-state index contributed by atoms with van der Waals surface area (Å²) in [7, 11) is 0. The summed E-state index contributed by atoms with van der Waals surface area (Å²) in [6, 6.07) is 12.1. The highest BCUT2D eigenvalue weighted by Crippen LogP contribution is 2.38. The number of aliphatic hydroxyl groups is 1. The zero-order valence-corrected chi connectivity index (χ0v) is 24.7. The monoisotopic (exact) mass is 577 g/mol. The lowest BCUT2D eigenvalue weighted by atomic mass is 9.80. The van der Waals surface area contributed by atoms with Crippen LogP contribution in [0.1, 0.15) is 86.2 Å². The molecule has 2 aromatic carbocycles. The van der Waals surface area contributed by atoms with Crippen molar-refractivity contribution in [2.24, 2.45) is 0 Å². The van der Waals surface area contributed by atoms with E-state index in [4.69, 9.17) is 4.74 Å². The van der Waals surface area contributed by atoms with E-state index in [1.54, 1.807) is 25.1 Å². The molecule has 0 unspecified atom stereocenters. The lowest BCUT2D eigenvalue weighted by molar-refractivity contribution is -0.163. The quantitative estimate of drug-likeness (QED) is 0.376. The van der Waals surface area contributed by atoms with E-state index >= 15 is 0 Å². The Kier molecular flexibility index (Phi) is 8.89. The fourth-order valence-electron chi connectivity index (χ4n) is 6.85. The van der Waals surface area contributed by atoms with Crippen molar-refractivity contribution in [1.82, 2.24) is 15.1 Å². The first-order valence-corrected chi connectivity index (χ1v) is 15.3. The minimum Gasteiger partial charge on any atom is -0.478 e. The molecule has 0 bridgehead atoms. The molecule has 9 heteroatoms. The van der Waals surface area contributed by atoms with Gasteiger partial charge in [-0.1, -0.05) is 38.3 Å². The summed E-state index contributed by atoms with van der Waals surface area (Å²) < 4.78 is 5.93. The predicted molar refractivity (Wildman–Crippen MR) is 158 cm³/mol. The number of hydrogen-bond acceptors (Lipinski definition) is 6. The van der Waals surface area contributed by atoms with Crippen LogP contribution in [0.5, 0.6) is 11.5 Å². The number of piperidine rings is 1. The van der Waals surface area contributed by atoms with E-state index in [1.807, 2.05) is 29.2 Å². The Hall–Kier alpha value is -3.43. The summed E-state index contributed by atoms with van der Waals surface area (Å²) in [6.07, 6.45) is 6.55. The van der Waals surface area contributed by atoms with Gasteiger partial charge >= 0.3 is 5.97 Å². The molecule has 42 heavy (non-hydrogen) atoms. The second-order valence-electron chi connectivity index (χ2n) is 12.3. The summed E-state index contributed by atoms with van der Waals surface area (Å²) in [5, 5.41) is 23.2. The molecule has 2 saturated heterocycles. The van der Waals surface area contributed by atoms with Gasteiger partial charge in [0.2, 0.25) is 11.8 Å². The number of carboxylic acids is 1. The van der Waals surface area contributed by atoms with Crippen LogP contribution in [0.3, 0.4) is 0 Å². The van der Waals surface area contributed by atoms with Gasteiger partial charge in [-0.2, -0.15) is 0 Å². The number of rotatable bonds is 10. The topological polar surface area (TPSA) is 119 Å². The van der Waals surface area contributed by atoms with E-state index in [9.17, 15) is 24.6 Å². The van der Waals surface area contributed by atoms with Crippen molar-refractivity contribution >= 4 is 17.8 Å². The van der Waals surface area contributed by atoms with Gasteiger partial charge in [0.1, 0.15) is 23.1 Å². The fraction of sp³-hybridized carbons (Fsp3) is 0.545. The van der Waals surface area contributed by atoms with Gasteiger partial charge in [0.25, 0.3) is 0 Å². The zero-order chi connectivity index (χ0) is 29.9. The molecule has 3 fully saturated rings. The number of benzene rings is 2. The maximum absolute atomic E-state index is 13.7. The molecular weight excluding hydrogens is 534 g/mol. The molecule has 2 aliphatic heterocycles. The summed E-state index contributed by atoms with van der Waals surface area (Å²) in [5.41, 5.74) is 0.328. The number of carboxylic acid groups (broad SMARTS) is 1. The number of aryl methyl sites for hydroxylation is 1. The fourth-order valence-corrected chi connectivity index (χ4v) is 6.85. The van der Waals surface area contributed by atoms with E-state index in [0.29, 0.717) is 68.8 Å². The Morgan fingerprint density at radius 2 is 1.69 bits per heavy atom. The number of piperazine rings is 1. The third kappa shape index (κ3) is 6.32. The first kappa shape index (κ1) is 30.0. The smallest absolute Gasteiger partial charge is 0.335 e. The number of carbonyl (C=O) groups is 3. The van der Waals surface area contributed by atoms with Crippen molar-refractivity contribution in [3.05, 3.63) is 59.2 Å². The van der Waals surface area contributed by atoms with Crippen LogP contribution in [0.25, 0.3) is 0 Å². The molecular formula is C33H43N3O6. The van der Waals surface area contributed by atoms with Gasteiger partial charge in [-0.3, -0.25) is 14.5 Å². The largest absolute Gasteiger partial charge is 0.478 e. The summed E-state index contributed by atoms with van der Waals surface area (Å²) >= 11 is 0. The standard InChI is InChI=1S/C33H43N3O6/c1-3-4-17-36-29(37)28(21-32(41)13-5-6-14-32)34-31(40)33(36)15-18-35(19-16-33)22-24-7-9-25(10-8-24)42-26-11-12-27(30(38)39)23(2)20-26/h7-12,20,28,41H,3-6,13-19,21-22H2,1-2H3,(H,34,40)(H,38,39)/t28-/m1/s1. The van der Waals surface area contributed by atoms with Crippen molar-refractivity contribution in [3.8, 4) is 11.5 Å². The molecule has 3 aliphatic rings. The molecule has 0 aromatic heterocycles. The number of carbonyl (C=O) groups excluding carboxylic acids is 2. The van der Waals surface area contributed by atoms with Crippen LogP contribution < -0.4 is 10.1 Å². The summed E-state index contributed by atoms with van der Waals surface area (Å²) in [6.45, 7) is 6.53. The average molecular weight is 578 g/mol. The molecule has 3 N–H and O–H groups in total. The highest BCUT2D eigenvalue weighted by atomic mass is 16.5. The minimum absolute atomic E-state index is 0.0415. The Balaban J connectivity index is 1.20. The Morgan fingerprint density at radius 3 is 2.31 bits per heavy atom. The van der Waals surface area contributed by atoms with Crippen molar-refractivity contribution in [1.29, 1.82) is 0 Å². The van der Waals surface area contributed by atoms with Crippen LogP contribution in [-0.4, -0.2) is 74.6 Å². The van der Waals surface area contributed by atoms with Gasteiger partial charge in [0.15, 0.2) is 0 Å². The van der Waals surface area contributed by atoms with Crippen molar-refractivity contribution in [2.45, 2.75) is 95.4 Å². The molecule has 1 atom stereocenters. The molecule has 0 radical (unpaired) electrons. The van der Waals surface area contributed by atoms with E-state index < -0.39 is 23.2 Å². The second-order valence-corrected chi connectivity index (χ2v) is 12.3. The molecule has 2 amide bonds. The van der Waals surface area contributed by atoms with Crippen LogP contribution in [0, 0.1) is 6.92 Å². The molecule has 226 valence electrons. The number of unbranched alkanes of at least 4 members (excludes halogenated alkanes) is 1. The normalized spacial score (nSPS) is 21.9. The number of aromatic carboxylic acids is 1. The van der Waals surface area contributed by atoms with Crippen molar-refractivity contribution in [3.63, 3.8) is 0 Å². The molecule has 5 rings (SSSR count). The van der Waals surface area contributed by atoms with Gasteiger partial charge in [0, 0.05) is 32.6 Å². The van der Waals surface area contributed by atoms with Crippen molar-refractivity contribution < 1.29 is 29.3 Å². The predicted octanol–water partition coefficient (Wildman–Crippen LogP) is 4.64. The highest BCUT2D eigenvalue weighted by Gasteiger charge is 2.54. The molecule has 1 saturated carbocycles. The lowest BCUT2D eigenvalue weighted by Crippen LogP contribution is -2.73. The average Bonchev–Trinajstić information content (AvgIpc) is 3.39. The number of amides is 2. The van der Waals surface area contributed by atoms with E-state index in [2.05, 4.69) is 17.1 Å². The van der Waals surface area contributed by atoms with Crippen molar-refractivity contribution in [2.75, 3.05) is 19.6 Å². The molecule has 1 spiro atoms. The van der Waals surface area contributed by atoms with Crippen LogP contribution in [-0.2, 0) is 16.1 Å².